The molecule has 2 heteroatoms. The van der Waals surface area contributed by atoms with Crippen LogP contribution in [0.5, 0.6) is 0 Å². The number of piperidine rings is 1. The minimum atomic E-state index is 0.211. The van der Waals surface area contributed by atoms with Crippen molar-refractivity contribution in [2.75, 3.05) is 13.1 Å². The standard InChI is InChI=1S/C24H32N2/c1-18-9-8-12-23(25-18)19(2)26-15-13-20(14-16-26)17-21-10-6-7-11-22(21)24(3,4)5/h6-12,20H,2,13-17H2,1,3-5H3. The van der Waals surface area contributed by atoms with Gasteiger partial charge in [-0.05, 0) is 60.8 Å². The van der Waals surface area contributed by atoms with Crippen LogP contribution in [0.2, 0.25) is 0 Å². The molecule has 2 aromatic rings. The molecule has 2 nitrogen and oxygen atoms in total. The SMILES string of the molecule is C=C(c1cccc(C)n1)N1CCC(Cc2ccccc2C(C)(C)C)CC1. The molecule has 0 spiro atoms. The molecule has 1 aliphatic heterocycles. The molecule has 1 aromatic carbocycles. The van der Waals surface area contributed by atoms with Gasteiger partial charge in [-0.2, -0.15) is 0 Å². The van der Waals surface area contributed by atoms with Crippen LogP contribution in [-0.2, 0) is 11.8 Å². The summed E-state index contributed by atoms with van der Waals surface area (Å²) in [6.07, 6.45) is 3.64. The Morgan fingerprint density at radius 1 is 1.08 bits per heavy atom. The summed E-state index contributed by atoms with van der Waals surface area (Å²) < 4.78 is 0. The summed E-state index contributed by atoms with van der Waals surface area (Å²) in [6, 6.07) is 15.2. The van der Waals surface area contributed by atoms with Crippen LogP contribution in [0.25, 0.3) is 5.70 Å². The molecule has 138 valence electrons. The van der Waals surface area contributed by atoms with Crippen molar-refractivity contribution in [1.82, 2.24) is 9.88 Å². The zero-order valence-electron chi connectivity index (χ0n) is 16.8. The van der Waals surface area contributed by atoms with E-state index in [0.29, 0.717) is 0 Å². The van der Waals surface area contributed by atoms with Crippen molar-refractivity contribution in [2.24, 2.45) is 5.92 Å². The molecule has 0 aliphatic carbocycles. The molecule has 0 bridgehead atoms. The molecular weight excluding hydrogens is 316 g/mol. The molecule has 0 saturated carbocycles. The highest BCUT2D eigenvalue weighted by atomic mass is 15.1. The minimum Gasteiger partial charge on any atom is -0.370 e. The average Bonchev–Trinajstić information content (AvgIpc) is 2.61. The largest absolute Gasteiger partial charge is 0.370 e. The predicted molar refractivity (Wildman–Crippen MR) is 111 cm³/mol. The first kappa shape index (κ1) is 18.7. The normalized spacial score (nSPS) is 15.9. The van der Waals surface area contributed by atoms with E-state index in [-0.39, 0.29) is 5.41 Å². The summed E-state index contributed by atoms with van der Waals surface area (Å²) in [7, 11) is 0. The van der Waals surface area contributed by atoms with E-state index in [1.54, 1.807) is 0 Å². The first-order chi connectivity index (χ1) is 12.3. The maximum atomic E-state index is 4.63. The maximum Gasteiger partial charge on any atom is 0.0860 e. The summed E-state index contributed by atoms with van der Waals surface area (Å²) in [5, 5.41) is 0. The number of hydrogen-bond acceptors (Lipinski definition) is 2. The fraction of sp³-hybridized carbons (Fsp3) is 0.458. The number of likely N-dealkylation sites (tertiary alicyclic amines) is 1. The van der Waals surface area contributed by atoms with Crippen LogP contribution in [0, 0.1) is 12.8 Å². The van der Waals surface area contributed by atoms with E-state index in [9.17, 15) is 0 Å². The molecule has 1 saturated heterocycles. The van der Waals surface area contributed by atoms with Crippen LogP contribution in [0.3, 0.4) is 0 Å². The van der Waals surface area contributed by atoms with Crippen molar-refractivity contribution >= 4 is 5.70 Å². The van der Waals surface area contributed by atoms with Crippen molar-refractivity contribution < 1.29 is 0 Å². The van der Waals surface area contributed by atoms with Crippen molar-refractivity contribution in [1.29, 1.82) is 0 Å². The highest BCUT2D eigenvalue weighted by Crippen LogP contribution is 2.31. The predicted octanol–water partition coefficient (Wildman–Crippen LogP) is 5.61. The molecule has 1 fully saturated rings. The molecule has 1 aromatic heterocycles. The summed E-state index contributed by atoms with van der Waals surface area (Å²) in [5.74, 6) is 0.757. The highest BCUT2D eigenvalue weighted by Gasteiger charge is 2.24. The summed E-state index contributed by atoms with van der Waals surface area (Å²) in [5.41, 5.74) is 6.37. The van der Waals surface area contributed by atoms with E-state index in [1.807, 2.05) is 13.0 Å². The van der Waals surface area contributed by atoms with Crippen LogP contribution < -0.4 is 0 Å². The Labute approximate surface area is 159 Å². The third kappa shape index (κ3) is 4.35. The fourth-order valence-corrected chi connectivity index (χ4v) is 4.01. The maximum absolute atomic E-state index is 4.63. The molecule has 0 N–H and O–H groups in total. The van der Waals surface area contributed by atoms with Gasteiger partial charge in [0.15, 0.2) is 0 Å². The fourth-order valence-electron chi connectivity index (χ4n) is 4.01. The number of pyridine rings is 1. The molecule has 2 heterocycles. The number of benzene rings is 1. The van der Waals surface area contributed by atoms with E-state index in [4.69, 9.17) is 0 Å². The van der Waals surface area contributed by atoms with E-state index in [1.165, 1.54) is 30.4 Å². The summed E-state index contributed by atoms with van der Waals surface area (Å²) >= 11 is 0. The topological polar surface area (TPSA) is 16.1 Å². The molecule has 0 atom stereocenters. The van der Waals surface area contributed by atoms with Crippen LogP contribution in [-0.4, -0.2) is 23.0 Å². The molecule has 3 rings (SSSR count). The zero-order chi connectivity index (χ0) is 18.7. The Morgan fingerprint density at radius 2 is 1.77 bits per heavy atom. The molecule has 1 aliphatic rings. The number of aromatic nitrogens is 1. The van der Waals surface area contributed by atoms with Gasteiger partial charge in [0.1, 0.15) is 0 Å². The van der Waals surface area contributed by atoms with Crippen LogP contribution >= 0.6 is 0 Å². The first-order valence-corrected chi connectivity index (χ1v) is 9.81. The van der Waals surface area contributed by atoms with Gasteiger partial charge in [0.25, 0.3) is 0 Å². The van der Waals surface area contributed by atoms with Gasteiger partial charge < -0.3 is 4.90 Å². The van der Waals surface area contributed by atoms with Crippen LogP contribution in [0.15, 0.2) is 49.0 Å². The van der Waals surface area contributed by atoms with Gasteiger partial charge in [0.05, 0.1) is 11.4 Å². The molecule has 0 radical (unpaired) electrons. The molecular formula is C24H32N2. The second-order valence-electron chi connectivity index (χ2n) is 8.65. The van der Waals surface area contributed by atoms with Gasteiger partial charge in [0, 0.05) is 18.8 Å². The lowest BCUT2D eigenvalue weighted by Gasteiger charge is -2.35. The lowest BCUT2D eigenvalue weighted by molar-refractivity contribution is 0.253. The number of aryl methyl sites for hydroxylation is 1. The zero-order valence-corrected chi connectivity index (χ0v) is 16.8. The highest BCUT2D eigenvalue weighted by molar-refractivity contribution is 5.58. The van der Waals surface area contributed by atoms with Crippen molar-refractivity contribution in [3.05, 3.63) is 71.6 Å². The lowest BCUT2D eigenvalue weighted by atomic mass is 9.80. The van der Waals surface area contributed by atoms with Crippen molar-refractivity contribution in [3.8, 4) is 0 Å². The van der Waals surface area contributed by atoms with Crippen LogP contribution in [0.1, 0.15) is 56.1 Å². The Hall–Kier alpha value is -2.09. The minimum absolute atomic E-state index is 0.211. The Morgan fingerprint density at radius 3 is 2.42 bits per heavy atom. The van der Waals surface area contributed by atoms with Crippen molar-refractivity contribution in [2.45, 2.75) is 52.4 Å². The number of nitrogens with zero attached hydrogens (tertiary/aromatic N) is 2. The van der Waals surface area contributed by atoms with Gasteiger partial charge in [-0.15, -0.1) is 0 Å². The van der Waals surface area contributed by atoms with Crippen LogP contribution in [0.4, 0.5) is 0 Å². The Balaban J connectivity index is 1.62. The quantitative estimate of drug-likeness (QED) is 0.713. The van der Waals surface area contributed by atoms with Gasteiger partial charge in [-0.25, -0.2) is 0 Å². The monoisotopic (exact) mass is 348 g/mol. The van der Waals surface area contributed by atoms with Crippen molar-refractivity contribution in [3.63, 3.8) is 0 Å². The van der Waals surface area contributed by atoms with E-state index in [0.717, 1.165) is 36.1 Å². The first-order valence-electron chi connectivity index (χ1n) is 9.81. The number of hydrogen-bond donors (Lipinski definition) is 0. The van der Waals surface area contributed by atoms with Gasteiger partial charge >= 0.3 is 0 Å². The van der Waals surface area contributed by atoms with Gasteiger partial charge in [0.2, 0.25) is 0 Å². The second-order valence-corrected chi connectivity index (χ2v) is 8.65. The van der Waals surface area contributed by atoms with E-state index in [2.05, 4.69) is 73.6 Å². The van der Waals surface area contributed by atoms with Gasteiger partial charge in [-0.3, -0.25) is 4.98 Å². The third-order valence-electron chi connectivity index (χ3n) is 5.51. The lowest BCUT2D eigenvalue weighted by Crippen LogP contribution is -2.33. The smallest absolute Gasteiger partial charge is 0.0860 e. The molecule has 0 amide bonds. The molecule has 26 heavy (non-hydrogen) atoms. The average molecular weight is 349 g/mol. The third-order valence-corrected chi connectivity index (χ3v) is 5.51. The Bertz CT molecular complexity index is 762. The van der Waals surface area contributed by atoms with E-state index < -0.39 is 0 Å². The summed E-state index contributed by atoms with van der Waals surface area (Å²) in [6.45, 7) is 15.4. The number of rotatable bonds is 4. The Kier molecular flexibility index (Phi) is 5.50. The second kappa shape index (κ2) is 7.65. The molecule has 0 unspecified atom stereocenters. The van der Waals surface area contributed by atoms with E-state index >= 15 is 0 Å². The summed E-state index contributed by atoms with van der Waals surface area (Å²) in [4.78, 5) is 7.04. The van der Waals surface area contributed by atoms with Gasteiger partial charge in [-0.1, -0.05) is 57.7 Å².